The summed E-state index contributed by atoms with van der Waals surface area (Å²) in [5.74, 6) is -1.59. The van der Waals surface area contributed by atoms with Crippen LogP contribution in [0.3, 0.4) is 0 Å². The van der Waals surface area contributed by atoms with Gasteiger partial charge in [0.15, 0.2) is 0 Å². The van der Waals surface area contributed by atoms with E-state index in [1.807, 2.05) is 6.92 Å². The number of likely N-dealkylation sites (tertiary alicyclic amines) is 1. The highest BCUT2D eigenvalue weighted by Gasteiger charge is 2.44. The normalized spacial score (nSPS) is 36.0. The van der Waals surface area contributed by atoms with E-state index in [2.05, 4.69) is 0 Å². The zero-order chi connectivity index (χ0) is 13.3. The summed E-state index contributed by atoms with van der Waals surface area (Å²) in [6, 6.07) is -0.108. The Balaban J connectivity index is 2.10. The fourth-order valence-electron chi connectivity index (χ4n) is 3.37. The molecule has 2 rings (SSSR count). The molecule has 1 saturated heterocycles. The number of carbonyl (C=O) groups excluding carboxylic acids is 1. The minimum absolute atomic E-state index is 0.0221. The van der Waals surface area contributed by atoms with Crippen molar-refractivity contribution in [1.29, 1.82) is 0 Å². The molecular weight excluding hydrogens is 234 g/mol. The highest BCUT2D eigenvalue weighted by Crippen LogP contribution is 2.38. The van der Waals surface area contributed by atoms with E-state index >= 15 is 0 Å². The molecule has 1 aliphatic carbocycles. The summed E-state index contributed by atoms with van der Waals surface area (Å²) in [5, 5.41) is 18.4. The Kier molecular flexibility index (Phi) is 3.90. The predicted octanol–water partition coefficient (Wildman–Crippen LogP) is 0.717. The average Bonchev–Trinajstić information content (AvgIpc) is 2.93. The van der Waals surface area contributed by atoms with Gasteiger partial charge in [-0.25, -0.2) is 0 Å². The molecule has 0 spiro atoms. The molecule has 2 N–H and O–H groups in total. The first-order chi connectivity index (χ1) is 8.54. The molecule has 2 aliphatic rings. The maximum Gasteiger partial charge on any atom is 0.307 e. The van der Waals surface area contributed by atoms with E-state index in [0.29, 0.717) is 19.4 Å². The molecule has 1 amide bonds. The van der Waals surface area contributed by atoms with E-state index in [4.69, 9.17) is 0 Å². The lowest BCUT2D eigenvalue weighted by Gasteiger charge is -2.27. The van der Waals surface area contributed by atoms with Gasteiger partial charge in [0.25, 0.3) is 0 Å². The Hall–Kier alpha value is -1.10. The van der Waals surface area contributed by atoms with E-state index in [0.717, 1.165) is 12.8 Å². The van der Waals surface area contributed by atoms with E-state index in [-0.39, 0.29) is 24.5 Å². The van der Waals surface area contributed by atoms with Crippen LogP contribution in [0.15, 0.2) is 0 Å². The van der Waals surface area contributed by atoms with Gasteiger partial charge in [-0.3, -0.25) is 9.59 Å². The monoisotopic (exact) mass is 255 g/mol. The van der Waals surface area contributed by atoms with Gasteiger partial charge in [0.05, 0.1) is 24.5 Å². The van der Waals surface area contributed by atoms with Crippen LogP contribution < -0.4 is 0 Å². The maximum absolute atomic E-state index is 12.4. The fraction of sp³-hybridized carbons (Fsp3) is 0.846. The number of hydrogen-bond acceptors (Lipinski definition) is 3. The number of aliphatic hydroxyl groups is 1. The van der Waals surface area contributed by atoms with Crippen molar-refractivity contribution in [3.8, 4) is 0 Å². The Labute approximate surface area is 107 Å². The molecular formula is C13H21NO4. The lowest BCUT2D eigenvalue weighted by Crippen LogP contribution is -2.43. The highest BCUT2D eigenvalue weighted by atomic mass is 16.4. The summed E-state index contributed by atoms with van der Waals surface area (Å²) in [6.45, 7) is 2.63. The maximum atomic E-state index is 12.4. The van der Waals surface area contributed by atoms with Crippen LogP contribution in [0, 0.1) is 17.8 Å². The Morgan fingerprint density at radius 2 is 1.94 bits per heavy atom. The first-order valence-electron chi connectivity index (χ1n) is 6.68. The van der Waals surface area contributed by atoms with E-state index in [9.17, 15) is 19.8 Å². The van der Waals surface area contributed by atoms with E-state index in [1.165, 1.54) is 0 Å². The van der Waals surface area contributed by atoms with Gasteiger partial charge in [-0.15, -0.1) is 0 Å². The molecule has 0 aromatic heterocycles. The number of rotatable bonds is 3. The Morgan fingerprint density at radius 3 is 2.56 bits per heavy atom. The number of hydrogen-bond donors (Lipinski definition) is 2. The van der Waals surface area contributed by atoms with Crippen molar-refractivity contribution in [2.45, 2.75) is 38.6 Å². The molecule has 0 aromatic rings. The minimum atomic E-state index is -0.863. The third kappa shape index (κ3) is 2.36. The second-order valence-corrected chi connectivity index (χ2v) is 5.64. The van der Waals surface area contributed by atoms with Gasteiger partial charge in [0.2, 0.25) is 5.91 Å². The summed E-state index contributed by atoms with van der Waals surface area (Å²) in [7, 11) is 0. The SMILES string of the molecule is CC1CC(C(=O)O)C(C(=O)N2CCC[C@H]2CO)C1. The molecule has 3 unspecified atom stereocenters. The first kappa shape index (κ1) is 13.3. The summed E-state index contributed by atoms with van der Waals surface area (Å²) < 4.78 is 0. The van der Waals surface area contributed by atoms with Crippen molar-refractivity contribution in [3.05, 3.63) is 0 Å². The summed E-state index contributed by atoms with van der Waals surface area (Å²) in [6.07, 6.45) is 2.97. The van der Waals surface area contributed by atoms with E-state index < -0.39 is 17.8 Å². The molecule has 1 heterocycles. The van der Waals surface area contributed by atoms with Crippen LogP contribution in [-0.2, 0) is 9.59 Å². The summed E-state index contributed by atoms with van der Waals surface area (Å²) in [5.41, 5.74) is 0. The van der Waals surface area contributed by atoms with E-state index in [1.54, 1.807) is 4.90 Å². The van der Waals surface area contributed by atoms with Crippen LogP contribution >= 0.6 is 0 Å². The molecule has 0 bridgehead atoms. The largest absolute Gasteiger partial charge is 0.481 e. The zero-order valence-electron chi connectivity index (χ0n) is 10.7. The van der Waals surface area contributed by atoms with Crippen molar-refractivity contribution in [2.75, 3.05) is 13.2 Å². The summed E-state index contributed by atoms with van der Waals surface area (Å²) >= 11 is 0. The molecule has 102 valence electrons. The van der Waals surface area contributed by atoms with Crippen LogP contribution in [0.1, 0.15) is 32.6 Å². The van der Waals surface area contributed by atoms with Crippen molar-refractivity contribution in [2.24, 2.45) is 17.8 Å². The number of carbonyl (C=O) groups is 2. The number of carboxylic acids is 1. The van der Waals surface area contributed by atoms with Crippen LogP contribution in [-0.4, -0.2) is 46.2 Å². The predicted molar refractivity (Wildman–Crippen MR) is 64.8 cm³/mol. The van der Waals surface area contributed by atoms with Gasteiger partial charge in [-0.1, -0.05) is 6.92 Å². The van der Waals surface area contributed by atoms with Crippen LogP contribution in [0.2, 0.25) is 0 Å². The Bertz CT molecular complexity index is 344. The average molecular weight is 255 g/mol. The summed E-state index contributed by atoms with van der Waals surface area (Å²) in [4.78, 5) is 25.3. The second-order valence-electron chi connectivity index (χ2n) is 5.64. The van der Waals surface area contributed by atoms with Crippen molar-refractivity contribution in [1.82, 2.24) is 4.90 Å². The standard InChI is InChI=1S/C13H21NO4/c1-8-5-10(11(6-8)13(17)18)12(16)14-4-2-3-9(14)7-15/h8-11,15H,2-7H2,1H3,(H,17,18)/t8?,9-,10?,11?/m0/s1. The van der Waals surface area contributed by atoms with Crippen molar-refractivity contribution in [3.63, 3.8) is 0 Å². The first-order valence-corrected chi connectivity index (χ1v) is 6.68. The van der Waals surface area contributed by atoms with Gasteiger partial charge in [0, 0.05) is 6.54 Å². The molecule has 5 heteroatoms. The molecule has 18 heavy (non-hydrogen) atoms. The number of nitrogens with zero attached hydrogens (tertiary/aromatic N) is 1. The lowest BCUT2D eigenvalue weighted by molar-refractivity contribution is -0.149. The van der Waals surface area contributed by atoms with Gasteiger partial charge >= 0.3 is 5.97 Å². The smallest absolute Gasteiger partial charge is 0.307 e. The number of carboxylic acid groups (broad SMARTS) is 1. The lowest BCUT2D eigenvalue weighted by atomic mass is 9.94. The van der Waals surface area contributed by atoms with Crippen LogP contribution in [0.4, 0.5) is 0 Å². The topological polar surface area (TPSA) is 77.8 Å². The minimum Gasteiger partial charge on any atom is -0.481 e. The van der Waals surface area contributed by atoms with Crippen molar-refractivity contribution >= 4 is 11.9 Å². The quantitative estimate of drug-likeness (QED) is 0.779. The van der Waals surface area contributed by atoms with Crippen LogP contribution in [0.5, 0.6) is 0 Å². The molecule has 5 nitrogen and oxygen atoms in total. The van der Waals surface area contributed by atoms with Gasteiger partial charge < -0.3 is 15.1 Å². The third-order valence-corrected chi connectivity index (χ3v) is 4.30. The number of amides is 1. The van der Waals surface area contributed by atoms with Gasteiger partial charge in [-0.05, 0) is 31.6 Å². The van der Waals surface area contributed by atoms with Gasteiger partial charge in [-0.2, -0.15) is 0 Å². The number of aliphatic hydroxyl groups excluding tert-OH is 1. The zero-order valence-corrected chi connectivity index (χ0v) is 10.7. The molecule has 2 fully saturated rings. The van der Waals surface area contributed by atoms with Crippen molar-refractivity contribution < 1.29 is 19.8 Å². The number of aliphatic carboxylic acids is 1. The molecule has 0 radical (unpaired) electrons. The second kappa shape index (κ2) is 5.26. The molecule has 0 aromatic carbocycles. The van der Waals surface area contributed by atoms with Crippen LogP contribution in [0.25, 0.3) is 0 Å². The fourth-order valence-corrected chi connectivity index (χ4v) is 3.37. The molecule has 4 atom stereocenters. The highest BCUT2D eigenvalue weighted by molar-refractivity contribution is 5.85. The third-order valence-electron chi connectivity index (χ3n) is 4.30. The molecule has 1 saturated carbocycles. The molecule has 1 aliphatic heterocycles. The van der Waals surface area contributed by atoms with Gasteiger partial charge in [0.1, 0.15) is 0 Å². The Morgan fingerprint density at radius 1 is 1.28 bits per heavy atom.